The molecular weight excluding hydrogens is 344 g/mol. The van der Waals surface area contributed by atoms with E-state index in [9.17, 15) is 9.59 Å². The number of hydrogen-bond donors (Lipinski definition) is 2. The summed E-state index contributed by atoms with van der Waals surface area (Å²) in [6.45, 7) is 2.54. The van der Waals surface area contributed by atoms with Crippen LogP contribution >= 0.6 is 0 Å². The highest BCUT2D eigenvalue weighted by atomic mass is 16.5. The summed E-state index contributed by atoms with van der Waals surface area (Å²) in [5.74, 6) is 0.484. The zero-order valence-electron chi connectivity index (χ0n) is 15.6. The van der Waals surface area contributed by atoms with Gasteiger partial charge in [-0.3, -0.25) is 4.79 Å². The highest BCUT2D eigenvalue weighted by Gasteiger charge is 2.23. The standard InChI is InChI=1S/C20H26N4O3/c1-15-7-9-17(10-8-15)21-20(26)24(13-16-5-3-2-4-6-16)14-19(25)22-18-11-12-27-23-18/h7-12,16H,2-6,13-14H2,1H3,(H,21,26)(H,22,23,25). The lowest BCUT2D eigenvalue weighted by Crippen LogP contribution is -2.43. The zero-order chi connectivity index (χ0) is 19.1. The van der Waals surface area contributed by atoms with Gasteiger partial charge in [0.1, 0.15) is 12.8 Å². The van der Waals surface area contributed by atoms with Gasteiger partial charge < -0.3 is 20.1 Å². The van der Waals surface area contributed by atoms with Crippen molar-refractivity contribution >= 4 is 23.4 Å². The van der Waals surface area contributed by atoms with Crippen LogP contribution in [0.3, 0.4) is 0 Å². The second-order valence-corrected chi connectivity index (χ2v) is 7.11. The van der Waals surface area contributed by atoms with Gasteiger partial charge in [-0.2, -0.15) is 0 Å². The molecule has 0 bridgehead atoms. The molecule has 1 aromatic carbocycles. The number of anilines is 2. The fourth-order valence-corrected chi connectivity index (χ4v) is 3.37. The van der Waals surface area contributed by atoms with E-state index < -0.39 is 0 Å². The van der Waals surface area contributed by atoms with Crippen molar-refractivity contribution in [3.05, 3.63) is 42.2 Å². The zero-order valence-corrected chi connectivity index (χ0v) is 15.6. The largest absolute Gasteiger partial charge is 0.363 e. The fourth-order valence-electron chi connectivity index (χ4n) is 3.37. The van der Waals surface area contributed by atoms with E-state index in [1.165, 1.54) is 25.5 Å². The van der Waals surface area contributed by atoms with Crippen LogP contribution in [0.1, 0.15) is 37.7 Å². The van der Waals surface area contributed by atoms with Gasteiger partial charge in [0.05, 0.1) is 0 Å². The lowest BCUT2D eigenvalue weighted by Gasteiger charge is -2.29. The molecule has 1 aliphatic carbocycles. The van der Waals surface area contributed by atoms with Crippen LogP contribution < -0.4 is 10.6 Å². The van der Waals surface area contributed by atoms with Crippen molar-refractivity contribution in [2.24, 2.45) is 5.92 Å². The molecule has 0 saturated heterocycles. The molecule has 2 N–H and O–H groups in total. The van der Waals surface area contributed by atoms with Gasteiger partial charge in [0.2, 0.25) is 5.91 Å². The summed E-state index contributed by atoms with van der Waals surface area (Å²) in [7, 11) is 0. The topological polar surface area (TPSA) is 87.5 Å². The smallest absolute Gasteiger partial charge is 0.322 e. The fraction of sp³-hybridized carbons (Fsp3) is 0.450. The molecular formula is C20H26N4O3. The van der Waals surface area contributed by atoms with Crippen LogP contribution in [0.5, 0.6) is 0 Å². The Balaban J connectivity index is 1.64. The Morgan fingerprint density at radius 2 is 1.85 bits per heavy atom. The molecule has 7 nitrogen and oxygen atoms in total. The van der Waals surface area contributed by atoms with E-state index in [1.807, 2.05) is 31.2 Å². The predicted molar refractivity (Wildman–Crippen MR) is 103 cm³/mol. The molecule has 1 aliphatic rings. The number of rotatable bonds is 6. The summed E-state index contributed by atoms with van der Waals surface area (Å²) in [6.07, 6.45) is 7.20. The van der Waals surface area contributed by atoms with Crippen LogP contribution in [-0.4, -0.2) is 35.1 Å². The van der Waals surface area contributed by atoms with Crippen molar-refractivity contribution in [1.29, 1.82) is 0 Å². The van der Waals surface area contributed by atoms with Crippen LogP contribution in [-0.2, 0) is 4.79 Å². The quantitative estimate of drug-likeness (QED) is 0.803. The Bertz CT molecular complexity index is 737. The summed E-state index contributed by atoms with van der Waals surface area (Å²) in [6, 6.07) is 8.91. The molecule has 27 heavy (non-hydrogen) atoms. The number of nitrogens with zero attached hydrogens (tertiary/aromatic N) is 2. The van der Waals surface area contributed by atoms with E-state index in [4.69, 9.17) is 4.52 Å². The molecule has 2 aromatic rings. The Hall–Kier alpha value is -2.83. The summed E-state index contributed by atoms with van der Waals surface area (Å²) in [5, 5.41) is 9.22. The molecule has 0 spiro atoms. The van der Waals surface area contributed by atoms with Crippen molar-refractivity contribution in [2.45, 2.75) is 39.0 Å². The van der Waals surface area contributed by atoms with Crippen molar-refractivity contribution in [1.82, 2.24) is 10.1 Å². The van der Waals surface area contributed by atoms with Gasteiger partial charge in [0.25, 0.3) is 0 Å². The maximum Gasteiger partial charge on any atom is 0.322 e. The van der Waals surface area contributed by atoms with Gasteiger partial charge in [0, 0.05) is 18.3 Å². The van der Waals surface area contributed by atoms with E-state index in [-0.39, 0.29) is 18.5 Å². The van der Waals surface area contributed by atoms with Crippen LogP contribution in [0.4, 0.5) is 16.3 Å². The van der Waals surface area contributed by atoms with E-state index in [0.717, 1.165) is 24.1 Å². The number of carbonyl (C=O) groups is 2. The van der Waals surface area contributed by atoms with Crippen molar-refractivity contribution in [2.75, 3.05) is 23.7 Å². The number of benzene rings is 1. The SMILES string of the molecule is Cc1ccc(NC(=O)N(CC(=O)Nc2ccon2)CC2CCCCC2)cc1. The molecule has 0 unspecified atom stereocenters. The maximum atomic E-state index is 12.8. The molecule has 144 valence electrons. The number of hydrogen-bond acceptors (Lipinski definition) is 4. The van der Waals surface area contributed by atoms with E-state index >= 15 is 0 Å². The average Bonchev–Trinajstić information content (AvgIpc) is 3.17. The van der Waals surface area contributed by atoms with Gasteiger partial charge in [-0.1, -0.05) is 42.1 Å². The number of aryl methyl sites for hydroxylation is 1. The molecule has 1 aromatic heterocycles. The van der Waals surface area contributed by atoms with Crippen molar-refractivity contribution in [3.63, 3.8) is 0 Å². The molecule has 0 radical (unpaired) electrons. The van der Waals surface area contributed by atoms with Gasteiger partial charge >= 0.3 is 6.03 Å². The minimum absolute atomic E-state index is 0.0267. The highest BCUT2D eigenvalue weighted by Crippen LogP contribution is 2.24. The Morgan fingerprint density at radius 1 is 1.11 bits per heavy atom. The number of nitrogens with one attached hydrogen (secondary N) is 2. The van der Waals surface area contributed by atoms with Crippen molar-refractivity contribution in [3.8, 4) is 0 Å². The second kappa shape index (κ2) is 9.21. The Labute approximate surface area is 159 Å². The van der Waals surface area contributed by atoms with Gasteiger partial charge in [-0.15, -0.1) is 0 Å². The summed E-state index contributed by atoms with van der Waals surface area (Å²) < 4.78 is 4.72. The molecule has 1 heterocycles. The van der Waals surface area contributed by atoms with Gasteiger partial charge in [0.15, 0.2) is 5.82 Å². The highest BCUT2D eigenvalue weighted by molar-refractivity contribution is 5.96. The van der Waals surface area contributed by atoms with Crippen LogP contribution in [0.2, 0.25) is 0 Å². The lowest BCUT2D eigenvalue weighted by atomic mass is 9.89. The average molecular weight is 370 g/mol. The predicted octanol–water partition coefficient (Wildman–Crippen LogP) is 4.04. The second-order valence-electron chi connectivity index (χ2n) is 7.11. The molecule has 1 saturated carbocycles. The summed E-state index contributed by atoms with van der Waals surface area (Å²) >= 11 is 0. The first kappa shape index (κ1) is 18.9. The maximum absolute atomic E-state index is 12.8. The first-order chi connectivity index (χ1) is 13.1. The molecule has 1 fully saturated rings. The number of urea groups is 1. The van der Waals surface area contributed by atoms with Crippen molar-refractivity contribution < 1.29 is 14.1 Å². The third-order valence-electron chi connectivity index (χ3n) is 4.83. The van der Waals surface area contributed by atoms with Crippen LogP contribution in [0, 0.1) is 12.8 Å². The lowest BCUT2D eigenvalue weighted by molar-refractivity contribution is -0.116. The monoisotopic (exact) mass is 370 g/mol. The van der Waals surface area contributed by atoms with Gasteiger partial charge in [-0.05, 0) is 37.8 Å². The summed E-state index contributed by atoms with van der Waals surface area (Å²) in [4.78, 5) is 26.7. The third-order valence-corrected chi connectivity index (χ3v) is 4.83. The van der Waals surface area contributed by atoms with E-state index in [1.54, 1.807) is 11.0 Å². The normalized spacial score (nSPS) is 14.6. The molecule has 0 aliphatic heterocycles. The van der Waals surface area contributed by atoms with E-state index in [0.29, 0.717) is 18.3 Å². The molecule has 0 atom stereocenters. The number of aromatic nitrogens is 1. The number of amides is 3. The first-order valence-electron chi connectivity index (χ1n) is 9.43. The minimum atomic E-state index is -0.293. The van der Waals surface area contributed by atoms with Gasteiger partial charge in [-0.25, -0.2) is 4.79 Å². The van der Waals surface area contributed by atoms with Crippen LogP contribution in [0.25, 0.3) is 0 Å². The Morgan fingerprint density at radius 3 is 2.52 bits per heavy atom. The van der Waals surface area contributed by atoms with E-state index in [2.05, 4.69) is 15.8 Å². The minimum Gasteiger partial charge on any atom is -0.363 e. The number of carbonyl (C=O) groups excluding carboxylic acids is 2. The first-order valence-corrected chi connectivity index (χ1v) is 9.43. The third kappa shape index (κ3) is 5.84. The Kier molecular flexibility index (Phi) is 6.46. The molecule has 3 amide bonds. The molecule has 7 heteroatoms. The molecule has 3 rings (SSSR count). The summed E-state index contributed by atoms with van der Waals surface area (Å²) in [5.41, 5.74) is 1.84. The van der Waals surface area contributed by atoms with Crippen LogP contribution in [0.15, 0.2) is 41.1 Å².